The molecule has 33 heavy (non-hydrogen) atoms. The Morgan fingerprint density at radius 3 is 2.42 bits per heavy atom. The van der Waals surface area contributed by atoms with Gasteiger partial charge in [0.15, 0.2) is 11.5 Å². The predicted octanol–water partition coefficient (Wildman–Crippen LogP) is 4.69. The lowest BCUT2D eigenvalue weighted by molar-refractivity contribution is 0.277. The van der Waals surface area contributed by atoms with Gasteiger partial charge in [0.05, 0.1) is 21.3 Å². The summed E-state index contributed by atoms with van der Waals surface area (Å²) in [5.74, 6) is 2.86. The Morgan fingerprint density at radius 1 is 0.939 bits per heavy atom. The van der Waals surface area contributed by atoms with Crippen molar-refractivity contribution in [1.82, 2.24) is 4.98 Å². The first kappa shape index (κ1) is 22.3. The Bertz CT molecular complexity index is 1220. The van der Waals surface area contributed by atoms with E-state index >= 15 is 0 Å². The molecule has 2 N–H and O–H groups in total. The van der Waals surface area contributed by atoms with Crippen molar-refractivity contribution in [3.05, 3.63) is 58.8 Å². The Kier molecular flexibility index (Phi) is 6.55. The molecule has 0 spiro atoms. The molecule has 0 radical (unpaired) electrons. The fourth-order valence-electron chi connectivity index (χ4n) is 4.29. The number of nitrogens with two attached hydrogens (primary N) is 1. The first-order valence-electron chi connectivity index (χ1n) is 10.8. The summed E-state index contributed by atoms with van der Waals surface area (Å²) in [6.45, 7) is 0.275. The zero-order chi connectivity index (χ0) is 23.4. The van der Waals surface area contributed by atoms with Gasteiger partial charge in [-0.15, -0.1) is 0 Å². The minimum absolute atomic E-state index is 0.275. The molecule has 0 saturated carbocycles. The number of methoxy groups -OCH3 is 3. The number of hydrogen-bond acceptors (Lipinski definition) is 7. The quantitative estimate of drug-likeness (QED) is 0.563. The normalized spacial score (nSPS) is 12.4. The topological polar surface area (TPSA) is 99.6 Å². The van der Waals surface area contributed by atoms with Crippen LogP contribution in [-0.4, -0.2) is 26.3 Å². The minimum atomic E-state index is 0.275. The van der Waals surface area contributed by atoms with Gasteiger partial charge in [0, 0.05) is 16.8 Å². The maximum absolute atomic E-state index is 9.80. The molecule has 1 aliphatic carbocycles. The van der Waals surface area contributed by atoms with Crippen LogP contribution in [0.25, 0.3) is 11.1 Å². The fraction of sp³-hybridized carbons (Fsp3) is 0.308. The summed E-state index contributed by atoms with van der Waals surface area (Å²) in [5.41, 5.74) is 11.2. The van der Waals surface area contributed by atoms with Gasteiger partial charge < -0.3 is 24.7 Å². The minimum Gasteiger partial charge on any atom is -0.497 e. The van der Waals surface area contributed by atoms with Crippen molar-refractivity contribution < 1.29 is 18.9 Å². The third-order valence-corrected chi connectivity index (χ3v) is 5.94. The second kappa shape index (κ2) is 9.70. The van der Waals surface area contributed by atoms with E-state index in [9.17, 15) is 5.26 Å². The molecule has 1 aromatic heterocycles. The van der Waals surface area contributed by atoms with Crippen molar-refractivity contribution in [2.45, 2.75) is 32.3 Å². The molecule has 0 amide bonds. The van der Waals surface area contributed by atoms with E-state index in [4.69, 9.17) is 24.7 Å². The van der Waals surface area contributed by atoms with Crippen LogP contribution in [0.2, 0.25) is 0 Å². The molecule has 7 heteroatoms. The zero-order valence-electron chi connectivity index (χ0n) is 19.1. The number of nitrogens with zero attached hydrogens (tertiary/aromatic N) is 2. The average molecular weight is 446 g/mol. The summed E-state index contributed by atoms with van der Waals surface area (Å²) in [6.07, 6.45) is 3.90. The van der Waals surface area contributed by atoms with E-state index in [1.807, 2.05) is 36.4 Å². The van der Waals surface area contributed by atoms with Crippen molar-refractivity contribution in [2.75, 3.05) is 27.1 Å². The van der Waals surface area contributed by atoms with E-state index in [2.05, 4.69) is 11.1 Å². The maximum atomic E-state index is 9.80. The van der Waals surface area contributed by atoms with Crippen LogP contribution < -0.4 is 24.7 Å². The predicted molar refractivity (Wildman–Crippen MR) is 126 cm³/mol. The molecule has 0 fully saturated rings. The molecular formula is C26H27N3O4. The van der Waals surface area contributed by atoms with Crippen LogP contribution >= 0.6 is 0 Å². The number of anilines is 1. The van der Waals surface area contributed by atoms with Gasteiger partial charge in [0.25, 0.3) is 0 Å². The molecule has 7 nitrogen and oxygen atoms in total. The Hall–Kier alpha value is -3.92. The SMILES string of the molecule is COc1ccc(OC)c(COc2ccc(-c3c(C#N)c(N)nc4c3CCCC4)cc2OC)c1. The number of aromatic nitrogens is 1. The molecule has 0 bridgehead atoms. The molecule has 1 heterocycles. The van der Waals surface area contributed by atoms with Gasteiger partial charge in [0.2, 0.25) is 0 Å². The van der Waals surface area contributed by atoms with Crippen molar-refractivity contribution >= 4 is 5.82 Å². The highest BCUT2D eigenvalue weighted by atomic mass is 16.5. The van der Waals surface area contributed by atoms with Gasteiger partial charge in [-0.05, 0) is 67.1 Å². The molecule has 1 aliphatic rings. The van der Waals surface area contributed by atoms with Crippen molar-refractivity contribution in [2.24, 2.45) is 0 Å². The van der Waals surface area contributed by atoms with Crippen LogP contribution in [0.3, 0.4) is 0 Å². The lowest BCUT2D eigenvalue weighted by Gasteiger charge is -2.21. The van der Waals surface area contributed by atoms with Crippen LogP contribution in [0.5, 0.6) is 23.0 Å². The van der Waals surface area contributed by atoms with E-state index in [0.29, 0.717) is 22.8 Å². The van der Waals surface area contributed by atoms with Gasteiger partial charge in [-0.2, -0.15) is 5.26 Å². The van der Waals surface area contributed by atoms with Crippen LogP contribution in [0.1, 0.15) is 35.2 Å². The monoisotopic (exact) mass is 445 g/mol. The highest BCUT2D eigenvalue weighted by Crippen LogP contribution is 2.40. The van der Waals surface area contributed by atoms with E-state index in [-0.39, 0.29) is 12.4 Å². The average Bonchev–Trinajstić information content (AvgIpc) is 2.86. The van der Waals surface area contributed by atoms with Crippen molar-refractivity contribution in [3.63, 3.8) is 0 Å². The zero-order valence-corrected chi connectivity index (χ0v) is 19.1. The number of hydrogen-bond donors (Lipinski definition) is 1. The van der Waals surface area contributed by atoms with Crippen LogP contribution in [-0.2, 0) is 19.4 Å². The molecule has 3 aromatic rings. The lowest BCUT2D eigenvalue weighted by atomic mass is 9.86. The third kappa shape index (κ3) is 4.37. The first-order valence-corrected chi connectivity index (χ1v) is 10.8. The summed E-state index contributed by atoms with van der Waals surface area (Å²) in [5, 5.41) is 9.80. The highest BCUT2D eigenvalue weighted by molar-refractivity contribution is 5.80. The molecule has 0 saturated heterocycles. The van der Waals surface area contributed by atoms with Crippen LogP contribution in [0, 0.1) is 11.3 Å². The summed E-state index contributed by atoms with van der Waals surface area (Å²) >= 11 is 0. The number of rotatable bonds is 7. The maximum Gasteiger partial charge on any atom is 0.161 e. The van der Waals surface area contributed by atoms with Crippen molar-refractivity contribution in [3.8, 4) is 40.2 Å². The molecular weight excluding hydrogens is 418 g/mol. The number of pyridine rings is 1. The number of ether oxygens (including phenoxy) is 4. The number of benzene rings is 2. The Balaban J connectivity index is 1.70. The highest BCUT2D eigenvalue weighted by Gasteiger charge is 2.23. The third-order valence-electron chi connectivity index (χ3n) is 5.94. The first-order chi connectivity index (χ1) is 16.1. The van der Waals surface area contributed by atoms with E-state index in [1.54, 1.807) is 21.3 Å². The number of nitrogen functional groups attached to an aromatic ring is 1. The molecule has 0 atom stereocenters. The second-order valence-corrected chi connectivity index (χ2v) is 7.82. The molecule has 2 aromatic carbocycles. The Labute approximate surface area is 193 Å². The standard InChI is InChI=1S/C26H27N3O4/c1-30-18-9-11-22(31-2)17(12-18)15-33-23-10-8-16(13-24(23)32-3)25-19-6-4-5-7-21(19)29-26(28)20(25)14-27/h8-13H,4-7,15H2,1-3H3,(H2,28,29). The summed E-state index contributed by atoms with van der Waals surface area (Å²) in [7, 11) is 4.84. The van der Waals surface area contributed by atoms with Crippen LogP contribution in [0.4, 0.5) is 5.82 Å². The van der Waals surface area contributed by atoms with E-state index in [0.717, 1.165) is 59.4 Å². The molecule has 4 rings (SSSR count). The van der Waals surface area contributed by atoms with Crippen LogP contribution in [0.15, 0.2) is 36.4 Å². The van der Waals surface area contributed by atoms with E-state index < -0.39 is 0 Å². The summed E-state index contributed by atoms with van der Waals surface area (Å²) in [4.78, 5) is 4.50. The fourth-order valence-corrected chi connectivity index (χ4v) is 4.29. The largest absolute Gasteiger partial charge is 0.497 e. The van der Waals surface area contributed by atoms with Gasteiger partial charge >= 0.3 is 0 Å². The summed E-state index contributed by atoms with van der Waals surface area (Å²) < 4.78 is 22.5. The van der Waals surface area contributed by atoms with E-state index in [1.165, 1.54) is 0 Å². The molecule has 0 unspecified atom stereocenters. The molecule has 170 valence electrons. The number of fused-ring (bicyclic) bond motifs is 1. The lowest BCUT2D eigenvalue weighted by Crippen LogP contribution is -2.12. The van der Waals surface area contributed by atoms with Gasteiger partial charge in [-0.25, -0.2) is 4.98 Å². The smallest absolute Gasteiger partial charge is 0.161 e. The van der Waals surface area contributed by atoms with Gasteiger partial charge in [0.1, 0.15) is 35.6 Å². The Morgan fingerprint density at radius 2 is 1.70 bits per heavy atom. The molecule has 0 aliphatic heterocycles. The van der Waals surface area contributed by atoms with Crippen molar-refractivity contribution in [1.29, 1.82) is 5.26 Å². The summed E-state index contributed by atoms with van der Waals surface area (Å²) in [6, 6.07) is 13.5. The number of aryl methyl sites for hydroxylation is 1. The second-order valence-electron chi connectivity index (χ2n) is 7.82. The number of nitriles is 1. The van der Waals surface area contributed by atoms with Gasteiger partial charge in [-0.3, -0.25) is 0 Å². The van der Waals surface area contributed by atoms with Gasteiger partial charge in [-0.1, -0.05) is 6.07 Å².